The van der Waals surface area contributed by atoms with Gasteiger partial charge in [0.25, 0.3) is 5.91 Å². The number of nitrogens with one attached hydrogen (secondary N) is 2. The Morgan fingerprint density at radius 2 is 1.81 bits per heavy atom. The van der Waals surface area contributed by atoms with Crippen LogP contribution >= 0.6 is 0 Å². The molecule has 4 nitrogen and oxygen atoms in total. The highest BCUT2D eigenvalue weighted by Crippen LogP contribution is 2.13. The van der Waals surface area contributed by atoms with Crippen LogP contribution in [0.2, 0.25) is 0 Å². The predicted octanol–water partition coefficient (Wildman–Crippen LogP) is 2.29. The van der Waals surface area contributed by atoms with E-state index in [-0.39, 0.29) is 5.91 Å². The van der Waals surface area contributed by atoms with Crippen LogP contribution in [0.5, 0.6) is 0 Å². The van der Waals surface area contributed by atoms with Gasteiger partial charge in [0.15, 0.2) is 0 Å². The van der Waals surface area contributed by atoms with Crippen LogP contribution in [0.25, 0.3) is 0 Å². The molecular formula is C17H23N3O. The Morgan fingerprint density at radius 3 is 2.33 bits per heavy atom. The molecule has 0 aliphatic carbocycles. The van der Waals surface area contributed by atoms with Crippen molar-refractivity contribution in [1.29, 1.82) is 0 Å². The predicted molar refractivity (Wildman–Crippen MR) is 85.3 cm³/mol. The zero-order valence-corrected chi connectivity index (χ0v) is 13.2. The highest BCUT2D eigenvalue weighted by atomic mass is 16.1. The Labute approximate surface area is 126 Å². The van der Waals surface area contributed by atoms with Crippen molar-refractivity contribution in [1.82, 2.24) is 15.2 Å². The topological polar surface area (TPSA) is 46.1 Å². The molecule has 0 saturated heterocycles. The van der Waals surface area contributed by atoms with Gasteiger partial charge in [-0.05, 0) is 43.2 Å². The van der Waals surface area contributed by atoms with Crippen LogP contribution in [0.3, 0.4) is 0 Å². The van der Waals surface area contributed by atoms with E-state index in [1.54, 1.807) is 7.05 Å². The minimum atomic E-state index is -0.0510. The third kappa shape index (κ3) is 3.52. The first-order chi connectivity index (χ1) is 10.0. The Balaban J connectivity index is 1.91. The summed E-state index contributed by atoms with van der Waals surface area (Å²) in [4.78, 5) is 11.5. The number of aromatic nitrogens is 1. The van der Waals surface area contributed by atoms with Crippen molar-refractivity contribution in [2.24, 2.45) is 7.05 Å². The molecule has 1 amide bonds. The summed E-state index contributed by atoms with van der Waals surface area (Å²) >= 11 is 0. The van der Waals surface area contributed by atoms with Gasteiger partial charge >= 0.3 is 0 Å². The Bertz CT molecular complexity index is 626. The fraction of sp³-hybridized carbons (Fsp3) is 0.353. The molecule has 2 rings (SSSR count). The van der Waals surface area contributed by atoms with Crippen molar-refractivity contribution in [3.8, 4) is 0 Å². The second-order valence-corrected chi connectivity index (χ2v) is 5.33. The van der Waals surface area contributed by atoms with E-state index in [4.69, 9.17) is 0 Å². The molecule has 1 aromatic carbocycles. The highest BCUT2D eigenvalue weighted by molar-refractivity contribution is 5.93. The van der Waals surface area contributed by atoms with Gasteiger partial charge in [-0.3, -0.25) is 4.79 Å². The molecule has 21 heavy (non-hydrogen) atoms. The Morgan fingerprint density at radius 1 is 1.14 bits per heavy atom. The van der Waals surface area contributed by atoms with Crippen molar-refractivity contribution >= 4 is 5.91 Å². The Hall–Kier alpha value is -2.07. The maximum Gasteiger partial charge on any atom is 0.251 e. The van der Waals surface area contributed by atoms with Gasteiger partial charge < -0.3 is 15.2 Å². The first-order valence-corrected chi connectivity index (χ1v) is 7.16. The lowest BCUT2D eigenvalue weighted by Gasteiger charge is -2.07. The standard InChI is InChI=1S/C17H23N3O/c1-12-9-16(13(2)20(12)4)11-19-10-14-5-7-15(8-6-14)17(21)18-3/h5-9,19H,10-11H2,1-4H3,(H,18,21). The molecule has 0 unspecified atom stereocenters. The number of carbonyl (C=O) groups is 1. The number of amides is 1. The molecule has 0 atom stereocenters. The molecule has 2 aromatic rings. The van der Waals surface area contributed by atoms with Gasteiger partial charge in [0, 0.05) is 44.1 Å². The Kier molecular flexibility index (Phi) is 4.81. The molecule has 0 aliphatic rings. The molecule has 1 aromatic heterocycles. The van der Waals surface area contributed by atoms with Crippen molar-refractivity contribution in [2.45, 2.75) is 26.9 Å². The van der Waals surface area contributed by atoms with E-state index in [0.717, 1.165) is 13.1 Å². The van der Waals surface area contributed by atoms with Crippen LogP contribution in [0.15, 0.2) is 30.3 Å². The molecule has 112 valence electrons. The molecule has 2 N–H and O–H groups in total. The fourth-order valence-electron chi connectivity index (χ4n) is 2.37. The first kappa shape index (κ1) is 15.3. The smallest absolute Gasteiger partial charge is 0.251 e. The summed E-state index contributed by atoms with van der Waals surface area (Å²) in [6.07, 6.45) is 0. The summed E-state index contributed by atoms with van der Waals surface area (Å²) in [5.41, 5.74) is 5.77. The third-order valence-corrected chi connectivity index (χ3v) is 3.97. The molecule has 0 bridgehead atoms. The van der Waals surface area contributed by atoms with Gasteiger partial charge in [-0.1, -0.05) is 12.1 Å². The van der Waals surface area contributed by atoms with Gasteiger partial charge in [-0.15, -0.1) is 0 Å². The van der Waals surface area contributed by atoms with Crippen LogP contribution in [0.4, 0.5) is 0 Å². The third-order valence-electron chi connectivity index (χ3n) is 3.97. The van der Waals surface area contributed by atoms with Crippen LogP contribution in [-0.4, -0.2) is 17.5 Å². The van der Waals surface area contributed by atoms with E-state index < -0.39 is 0 Å². The molecule has 0 fully saturated rings. The summed E-state index contributed by atoms with van der Waals surface area (Å²) in [7, 11) is 3.73. The molecular weight excluding hydrogens is 262 g/mol. The molecule has 0 spiro atoms. The van der Waals surface area contributed by atoms with E-state index in [1.807, 2.05) is 24.3 Å². The quantitative estimate of drug-likeness (QED) is 0.885. The summed E-state index contributed by atoms with van der Waals surface area (Å²) in [6, 6.07) is 9.90. The van der Waals surface area contributed by atoms with Gasteiger partial charge in [-0.2, -0.15) is 0 Å². The highest BCUT2D eigenvalue weighted by Gasteiger charge is 2.06. The average molecular weight is 285 g/mol. The molecule has 0 aliphatic heterocycles. The SMILES string of the molecule is CNC(=O)c1ccc(CNCc2cc(C)n(C)c2C)cc1. The number of carbonyl (C=O) groups excluding carboxylic acids is 1. The van der Waals surface area contributed by atoms with Gasteiger partial charge in [0.05, 0.1) is 0 Å². The summed E-state index contributed by atoms with van der Waals surface area (Å²) in [5.74, 6) is -0.0510. The van der Waals surface area contributed by atoms with Gasteiger partial charge in [-0.25, -0.2) is 0 Å². The zero-order chi connectivity index (χ0) is 15.4. The van der Waals surface area contributed by atoms with Crippen LogP contribution in [0.1, 0.15) is 32.9 Å². The summed E-state index contributed by atoms with van der Waals surface area (Å²) in [5, 5.41) is 6.07. The number of benzene rings is 1. The number of aryl methyl sites for hydroxylation is 1. The van der Waals surface area contributed by atoms with Crippen LogP contribution in [-0.2, 0) is 20.1 Å². The van der Waals surface area contributed by atoms with E-state index in [0.29, 0.717) is 5.56 Å². The second kappa shape index (κ2) is 6.59. The second-order valence-electron chi connectivity index (χ2n) is 5.33. The normalized spacial score (nSPS) is 10.7. The average Bonchev–Trinajstić information content (AvgIpc) is 2.74. The number of rotatable bonds is 5. The lowest BCUT2D eigenvalue weighted by Crippen LogP contribution is -2.18. The maximum atomic E-state index is 11.5. The van der Waals surface area contributed by atoms with Crippen molar-refractivity contribution in [3.05, 3.63) is 58.4 Å². The number of nitrogens with zero attached hydrogens (tertiary/aromatic N) is 1. The number of hydrogen-bond acceptors (Lipinski definition) is 2. The summed E-state index contributed by atoms with van der Waals surface area (Å²) < 4.78 is 2.20. The van der Waals surface area contributed by atoms with Crippen LogP contribution < -0.4 is 10.6 Å². The van der Waals surface area contributed by atoms with E-state index in [9.17, 15) is 4.79 Å². The lowest BCUT2D eigenvalue weighted by atomic mass is 10.1. The fourth-order valence-corrected chi connectivity index (χ4v) is 2.37. The zero-order valence-electron chi connectivity index (χ0n) is 13.2. The molecule has 1 heterocycles. The van der Waals surface area contributed by atoms with Crippen LogP contribution in [0, 0.1) is 13.8 Å². The van der Waals surface area contributed by atoms with Crippen molar-refractivity contribution in [2.75, 3.05) is 7.05 Å². The van der Waals surface area contributed by atoms with Gasteiger partial charge in [0.2, 0.25) is 0 Å². The minimum Gasteiger partial charge on any atom is -0.355 e. The monoisotopic (exact) mass is 285 g/mol. The van der Waals surface area contributed by atoms with E-state index >= 15 is 0 Å². The molecule has 0 radical (unpaired) electrons. The van der Waals surface area contributed by atoms with Crippen molar-refractivity contribution < 1.29 is 4.79 Å². The maximum absolute atomic E-state index is 11.5. The van der Waals surface area contributed by atoms with Gasteiger partial charge in [0.1, 0.15) is 0 Å². The van der Waals surface area contributed by atoms with E-state index in [2.05, 4.69) is 42.2 Å². The van der Waals surface area contributed by atoms with Crippen molar-refractivity contribution in [3.63, 3.8) is 0 Å². The summed E-state index contributed by atoms with van der Waals surface area (Å²) in [6.45, 7) is 5.91. The molecule has 0 saturated carbocycles. The largest absolute Gasteiger partial charge is 0.355 e. The molecule has 4 heteroatoms. The van der Waals surface area contributed by atoms with E-state index in [1.165, 1.54) is 22.5 Å². The first-order valence-electron chi connectivity index (χ1n) is 7.16. The number of hydrogen-bond donors (Lipinski definition) is 2. The lowest BCUT2D eigenvalue weighted by molar-refractivity contribution is 0.0963. The minimum absolute atomic E-state index is 0.0510.